The van der Waals surface area contributed by atoms with Crippen LogP contribution < -0.4 is 0 Å². The monoisotopic (exact) mass is 563 g/mol. The number of nitrogens with zero attached hydrogens (tertiary/aromatic N) is 3. The lowest BCUT2D eigenvalue weighted by Gasteiger charge is -2.30. The first-order chi connectivity index (χ1) is 18.6. The van der Waals surface area contributed by atoms with Crippen LogP contribution in [0.25, 0.3) is 0 Å². The predicted molar refractivity (Wildman–Crippen MR) is 138 cm³/mol. The molecule has 2 heterocycles. The van der Waals surface area contributed by atoms with E-state index < -0.39 is 17.6 Å². The number of alkyl halides is 3. The number of hydrogen-bond acceptors (Lipinski definition) is 6. The van der Waals surface area contributed by atoms with E-state index in [9.17, 15) is 27.2 Å². The maximum Gasteiger partial charge on any atom is 0.416 e. The fourth-order valence-corrected chi connectivity index (χ4v) is 5.36. The number of piperidine rings is 1. The summed E-state index contributed by atoms with van der Waals surface area (Å²) in [4.78, 5) is 33.0. The average molecular weight is 564 g/mol. The molecule has 1 aliphatic heterocycles. The fourth-order valence-electron chi connectivity index (χ4n) is 4.55. The summed E-state index contributed by atoms with van der Waals surface area (Å²) < 4.78 is 59.2. The van der Waals surface area contributed by atoms with Crippen LogP contribution >= 0.6 is 11.3 Å². The van der Waals surface area contributed by atoms with Crippen LogP contribution in [0.3, 0.4) is 0 Å². The standard InChI is InChI=1S/C28H29F4N3O3S/c1-2-38-27(37)20-10-12-35(13-11-20)26(36)24-18-39-25(33-24)17-34(16-21-7-3-4-9-23(21)29)15-19-6-5-8-22(14-19)28(30,31)32/h3-9,14,18,20H,2,10-13,15-17H2,1H3. The number of benzene rings is 2. The zero-order valence-electron chi connectivity index (χ0n) is 21.4. The predicted octanol–water partition coefficient (Wildman–Crippen LogP) is 5.92. The minimum absolute atomic E-state index is 0.127. The molecule has 3 aromatic rings. The summed E-state index contributed by atoms with van der Waals surface area (Å²) in [5, 5.41) is 2.24. The van der Waals surface area contributed by atoms with Gasteiger partial charge in [-0.3, -0.25) is 14.5 Å². The quantitative estimate of drug-likeness (QED) is 0.239. The SMILES string of the molecule is CCOC(=O)C1CCN(C(=O)c2csc(CN(Cc3cccc(C(F)(F)F)c3)Cc3ccccc3F)n2)CC1. The van der Waals surface area contributed by atoms with Crippen LogP contribution in [-0.4, -0.2) is 46.4 Å². The topological polar surface area (TPSA) is 62.7 Å². The number of likely N-dealkylation sites (tertiary alicyclic amines) is 1. The lowest BCUT2D eigenvalue weighted by atomic mass is 9.97. The van der Waals surface area contributed by atoms with Gasteiger partial charge in [0.2, 0.25) is 0 Å². The number of ether oxygens (including phenoxy) is 1. The van der Waals surface area contributed by atoms with Crippen molar-refractivity contribution in [3.05, 3.63) is 87.1 Å². The first-order valence-corrected chi connectivity index (χ1v) is 13.5. The summed E-state index contributed by atoms with van der Waals surface area (Å²) in [6.07, 6.45) is -3.42. The summed E-state index contributed by atoms with van der Waals surface area (Å²) in [6.45, 7) is 3.41. The zero-order chi connectivity index (χ0) is 28.0. The summed E-state index contributed by atoms with van der Waals surface area (Å²) in [6, 6.07) is 11.3. The second-order valence-corrected chi connectivity index (χ2v) is 10.3. The molecule has 0 radical (unpaired) electrons. The van der Waals surface area contributed by atoms with Gasteiger partial charge in [0.15, 0.2) is 0 Å². The van der Waals surface area contributed by atoms with E-state index in [2.05, 4.69) is 4.98 Å². The molecule has 1 fully saturated rings. The van der Waals surface area contributed by atoms with Gasteiger partial charge >= 0.3 is 12.1 Å². The van der Waals surface area contributed by atoms with E-state index >= 15 is 0 Å². The van der Waals surface area contributed by atoms with E-state index in [1.165, 1.54) is 23.5 Å². The van der Waals surface area contributed by atoms with Crippen LogP contribution in [-0.2, 0) is 35.3 Å². The van der Waals surface area contributed by atoms with Crippen molar-refractivity contribution in [2.45, 2.75) is 45.6 Å². The van der Waals surface area contributed by atoms with Crippen LogP contribution in [0.1, 0.15) is 52.0 Å². The van der Waals surface area contributed by atoms with Gasteiger partial charge in [-0.25, -0.2) is 9.37 Å². The number of aromatic nitrogens is 1. The number of amides is 1. The van der Waals surface area contributed by atoms with E-state index in [0.29, 0.717) is 48.7 Å². The van der Waals surface area contributed by atoms with Crippen LogP contribution in [0.2, 0.25) is 0 Å². The molecular formula is C28H29F4N3O3S. The molecule has 11 heteroatoms. The first-order valence-electron chi connectivity index (χ1n) is 12.7. The van der Waals surface area contributed by atoms with Crippen molar-refractivity contribution in [3.8, 4) is 0 Å². The van der Waals surface area contributed by atoms with Gasteiger partial charge in [-0.2, -0.15) is 13.2 Å². The van der Waals surface area contributed by atoms with E-state index in [0.717, 1.165) is 12.1 Å². The van der Waals surface area contributed by atoms with Crippen molar-refractivity contribution in [2.24, 2.45) is 5.92 Å². The zero-order valence-corrected chi connectivity index (χ0v) is 22.2. The van der Waals surface area contributed by atoms with Gasteiger partial charge in [0.1, 0.15) is 16.5 Å². The Balaban J connectivity index is 1.46. The molecular weight excluding hydrogens is 534 g/mol. The molecule has 208 valence electrons. The molecule has 0 unspecified atom stereocenters. The molecule has 0 N–H and O–H groups in total. The molecule has 0 bridgehead atoms. The molecule has 1 amide bonds. The summed E-state index contributed by atoms with van der Waals surface area (Å²) in [7, 11) is 0. The van der Waals surface area contributed by atoms with E-state index in [4.69, 9.17) is 4.74 Å². The smallest absolute Gasteiger partial charge is 0.416 e. The summed E-state index contributed by atoms with van der Waals surface area (Å²) >= 11 is 1.27. The van der Waals surface area contributed by atoms with Crippen LogP contribution in [0, 0.1) is 11.7 Å². The highest BCUT2D eigenvalue weighted by Crippen LogP contribution is 2.30. The number of rotatable bonds is 9. The van der Waals surface area contributed by atoms with Gasteiger partial charge in [0.25, 0.3) is 5.91 Å². The van der Waals surface area contributed by atoms with Crippen LogP contribution in [0.4, 0.5) is 17.6 Å². The third-order valence-electron chi connectivity index (χ3n) is 6.54. The molecule has 39 heavy (non-hydrogen) atoms. The number of thiazole rings is 1. The van der Waals surface area contributed by atoms with Gasteiger partial charge < -0.3 is 9.64 Å². The second kappa shape index (κ2) is 12.7. The van der Waals surface area contributed by atoms with Gasteiger partial charge in [0, 0.05) is 37.1 Å². The highest BCUT2D eigenvalue weighted by atomic mass is 32.1. The Morgan fingerprint density at radius 3 is 2.51 bits per heavy atom. The molecule has 1 aromatic heterocycles. The Morgan fingerprint density at radius 1 is 1.08 bits per heavy atom. The average Bonchev–Trinajstić information content (AvgIpc) is 3.38. The van der Waals surface area contributed by atoms with Crippen molar-refractivity contribution in [1.29, 1.82) is 0 Å². The van der Waals surface area contributed by atoms with Crippen molar-refractivity contribution < 1.29 is 31.9 Å². The fraction of sp³-hybridized carbons (Fsp3) is 0.393. The minimum Gasteiger partial charge on any atom is -0.466 e. The van der Waals surface area contributed by atoms with Gasteiger partial charge in [-0.05, 0) is 37.5 Å². The van der Waals surface area contributed by atoms with Crippen LogP contribution in [0.15, 0.2) is 53.9 Å². The van der Waals surface area contributed by atoms with Crippen LogP contribution in [0.5, 0.6) is 0 Å². The molecule has 1 aliphatic rings. The number of carbonyl (C=O) groups is 2. The van der Waals surface area contributed by atoms with Crippen molar-refractivity contribution in [1.82, 2.24) is 14.8 Å². The normalized spacial score (nSPS) is 14.6. The molecule has 0 atom stereocenters. The Bertz CT molecular complexity index is 1290. The maximum atomic E-state index is 14.4. The summed E-state index contributed by atoms with van der Waals surface area (Å²) in [5.74, 6) is -1.11. The van der Waals surface area contributed by atoms with E-state index in [1.54, 1.807) is 46.4 Å². The molecule has 0 aliphatic carbocycles. The number of halogens is 4. The Labute approximate surface area is 228 Å². The third kappa shape index (κ3) is 7.63. The first kappa shape index (κ1) is 28.7. The molecule has 0 saturated carbocycles. The molecule has 2 aromatic carbocycles. The number of hydrogen-bond donors (Lipinski definition) is 0. The molecule has 6 nitrogen and oxygen atoms in total. The van der Waals surface area contributed by atoms with E-state index in [1.807, 2.05) is 0 Å². The lowest BCUT2D eigenvalue weighted by Crippen LogP contribution is -2.40. The Hall–Kier alpha value is -3.31. The summed E-state index contributed by atoms with van der Waals surface area (Å²) in [5.41, 5.74) is 0.356. The Kier molecular flexibility index (Phi) is 9.34. The second-order valence-electron chi connectivity index (χ2n) is 9.38. The van der Waals surface area contributed by atoms with Crippen molar-refractivity contribution in [2.75, 3.05) is 19.7 Å². The third-order valence-corrected chi connectivity index (χ3v) is 7.38. The number of carbonyl (C=O) groups excluding carboxylic acids is 2. The van der Waals surface area contributed by atoms with Gasteiger partial charge in [-0.15, -0.1) is 11.3 Å². The van der Waals surface area contributed by atoms with E-state index in [-0.39, 0.29) is 43.1 Å². The highest BCUT2D eigenvalue weighted by molar-refractivity contribution is 7.09. The molecule has 1 saturated heterocycles. The van der Waals surface area contributed by atoms with Gasteiger partial charge in [0.05, 0.1) is 24.6 Å². The largest absolute Gasteiger partial charge is 0.466 e. The highest BCUT2D eigenvalue weighted by Gasteiger charge is 2.31. The Morgan fingerprint density at radius 2 is 1.82 bits per heavy atom. The van der Waals surface area contributed by atoms with Gasteiger partial charge in [-0.1, -0.05) is 36.4 Å². The minimum atomic E-state index is -4.47. The van der Waals surface area contributed by atoms with Crippen molar-refractivity contribution in [3.63, 3.8) is 0 Å². The van der Waals surface area contributed by atoms with Crippen molar-refractivity contribution >= 4 is 23.2 Å². The molecule has 0 spiro atoms. The lowest BCUT2D eigenvalue weighted by molar-refractivity contribution is -0.149. The number of esters is 1. The molecule has 4 rings (SSSR count). The maximum absolute atomic E-state index is 14.4.